The van der Waals surface area contributed by atoms with Gasteiger partial charge in [-0.05, 0) is 30.5 Å². The maximum atomic E-state index is 12.5. The van der Waals surface area contributed by atoms with Crippen LogP contribution in [0.3, 0.4) is 0 Å². The summed E-state index contributed by atoms with van der Waals surface area (Å²) >= 11 is 5.78. The lowest BCUT2D eigenvalue weighted by Crippen LogP contribution is -2.40. The van der Waals surface area contributed by atoms with Crippen LogP contribution in [0.4, 0.5) is 13.2 Å². The van der Waals surface area contributed by atoms with Gasteiger partial charge in [-0.25, -0.2) is 0 Å². The van der Waals surface area contributed by atoms with Gasteiger partial charge in [0.2, 0.25) is 0 Å². The Morgan fingerprint density at radius 2 is 1.79 bits per heavy atom. The first-order chi connectivity index (χ1) is 9.00. The summed E-state index contributed by atoms with van der Waals surface area (Å²) < 4.78 is 37.4. The average molecular weight is 292 g/mol. The predicted octanol–water partition coefficient (Wildman–Crippen LogP) is 4.30. The van der Waals surface area contributed by atoms with Crippen molar-refractivity contribution in [1.29, 1.82) is 0 Å². The van der Waals surface area contributed by atoms with E-state index in [9.17, 15) is 13.2 Å². The Kier molecular flexibility index (Phi) is 4.74. The summed E-state index contributed by atoms with van der Waals surface area (Å²) in [7, 11) is 0. The van der Waals surface area contributed by atoms with E-state index in [-0.39, 0.29) is 0 Å². The molecule has 0 amide bonds. The van der Waals surface area contributed by atoms with E-state index in [4.69, 9.17) is 11.6 Å². The zero-order valence-electron chi connectivity index (χ0n) is 10.6. The van der Waals surface area contributed by atoms with Crippen molar-refractivity contribution in [2.45, 2.75) is 38.0 Å². The van der Waals surface area contributed by atoms with E-state index in [1.54, 1.807) is 12.1 Å². The minimum absolute atomic E-state index is 0.543. The largest absolute Gasteiger partial charge is 0.416 e. The number of hydrogen-bond acceptors (Lipinski definition) is 1. The molecule has 1 aromatic carbocycles. The van der Waals surface area contributed by atoms with Gasteiger partial charge in [-0.15, -0.1) is 11.6 Å². The molecule has 2 rings (SSSR count). The molecule has 1 nitrogen and oxygen atoms in total. The van der Waals surface area contributed by atoms with Crippen LogP contribution in [0.15, 0.2) is 24.3 Å². The van der Waals surface area contributed by atoms with Crippen LogP contribution in [-0.2, 0) is 12.7 Å². The highest BCUT2D eigenvalue weighted by Gasteiger charge is 2.30. The van der Waals surface area contributed by atoms with E-state index < -0.39 is 11.7 Å². The van der Waals surface area contributed by atoms with Crippen LogP contribution in [-0.4, -0.2) is 23.4 Å². The standard InChI is InChI=1S/C14H17ClF3N/c15-8-9-19(13-2-1-3-13)10-11-4-6-12(7-5-11)14(16,17)18/h4-7,13H,1-3,8-10H2. The van der Waals surface area contributed by atoms with Gasteiger partial charge in [0.1, 0.15) is 0 Å². The molecule has 1 aromatic rings. The highest BCUT2D eigenvalue weighted by atomic mass is 35.5. The lowest BCUT2D eigenvalue weighted by atomic mass is 9.91. The van der Waals surface area contributed by atoms with Gasteiger partial charge in [0.05, 0.1) is 5.56 Å². The Morgan fingerprint density at radius 3 is 2.21 bits per heavy atom. The summed E-state index contributed by atoms with van der Waals surface area (Å²) in [6.07, 6.45) is -0.701. The number of nitrogens with zero attached hydrogens (tertiary/aromatic N) is 1. The minimum Gasteiger partial charge on any atom is -0.295 e. The molecule has 1 aliphatic carbocycles. The minimum atomic E-state index is -4.26. The van der Waals surface area contributed by atoms with Crippen LogP contribution in [0, 0.1) is 0 Å². The molecule has 0 unspecified atom stereocenters. The van der Waals surface area contributed by atoms with Gasteiger partial charge in [0.15, 0.2) is 0 Å². The maximum absolute atomic E-state index is 12.5. The Morgan fingerprint density at radius 1 is 1.16 bits per heavy atom. The van der Waals surface area contributed by atoms with Crippen molar-refractivity contribution in [2.24, 2.45) is 0 Å². The Hall–Kier alpha value is -0.740. The lowest BCUT2D eigenvalue weighted by molar-refractivity contribution is -0.137. The number of benzene rings is 1. The van der Waals surface area contributed by atoms with Crippen LogP contribution in [0.1, 0.15) is 30.4 Å². The van der Waals surface area contributed by atoms with E-state index in [1.807, 2.05) is 0 Å². The fraction of sp³-hybridized carbons (Fsp3) is 0.571. The second-order valence-corrected chi connectivity index (χ2v) is 5.32. The summed E-state index contributed by atoms with van der Waals surface area (Å²) in [5, 5.41) is 0. The van der Waals surface area contributed by atoms with E-state index in [1.165, 1.54) is 6.42 Å². The lowest BCUT2D eigenvalue weighted by Gasteiger charge is -2.37. The molecule has 19 heavy (non-hydrogen) atoms. The monoisotopic (exact) mass is 291 g/mol. The average Bonchev–Trinajstić information content (AvgIpc) is 2.26. The molecule has 1 saturated carbocycles. The highest BCUT2D eigenvalue weighted by molar-refractivity contribution is 6.18. The van der Waals surface area contributed by atoms with Crippen LogP contribution in [0.25, 0.3) is 0 Å². The molecule has 0 aliphatic heterocycles. The molecule has 0 spiro atoms. The fourth-order valence-electron chi connectivity index (χ4n) is 2.28. The first-order valence-electron chi connectivity index (χ1n) is 6.47. The maximum Gasteiger partial charge on any atom is 0.416 e. The van der Waals surface area contributed by atoms with Crippen LogP contribution < -0.4 is 0 Å². The van der Waals surface area contributed by atoms with Crippen molar-refractivity contribution in [3.8, 4) is 0 Å². The molecule has 106 valence electrons. The summed E-state index contributed by atoms with van der Waals surface area (Å²) in [4.78, 5) is 2.26. The molecule has 0 radical (unpaired) electrons. The fourth-order valence-corrected chi connectivity index (χ4v) is 2.50. The Bertz CT molecular complexity index is 398. The summed E-state index contributed by atoms with van der Waals surface area (Å²) in [5.74, 6) is 0.553. The van der Waals surface area contributed by atoms with Crippen LogP contribution in [0.5, 0.6) is 0 Å². The number of halogens is 4. The number of hydrogen-bond donors (Lipinski definition) is 0. The molecule has 5 heteroatoms. The molecule has 1 aliphatic rings. The molecular formula is C14H17ClF3N. The Labute approximate surface area is 116 Å². The van der Waals surface area contributed by atoms with Crippen molar-refractivity contribution >= 4 is 11.6 Å². The molecule has 0 aromatic heterocycles. The molecular weight excluding hydrogens is 275 g/mol. The third-order valence-electron chi connectivity index (χ3n) is 3.63. The van der Waals surface area contributed by atoms with Gasteiger partial charge in [-0.3, -0.25) is 4.90 Å². The molecule has 0 bridgehead atoms. The second-order valence-electron chi connectivity index (χ2n) is 4.94. The first kappa shape index (κ1) is 14.7. The van der Waals surface area contributed by atoms with Crippen LogP contribution in [0.2, 0.25) is 0 Å². The molecule has 0 saturated heterocycles. The van der Waals surface area contributed by atoms with Crippen molar-refractivity contribution in [3.05, 3.63) is 35.4 Å². The molecule has 1 fully saturated rings. The van der Waals surface area contributed by atoms with E-state index in [2.05, 4.69) is 4.90 Å². The van der Waals surface area contributed by atoms with Gasteiger partial charge in [-0.1, -0.05) is 18.6 Å². The smallest absolute Gasteiger partial charge is 0.295 e. The molecule has 0 heterocycles. The topological polar surface area (TPSA) is 3.24 Å². The second kappa shape index (κ2) is 6.14. The van der Waals surface area contributed by atoms with Gasteiger partial charge >= 0.3 is 6.18 Å². The van der Waals surface area contributed by atoms with E-state index in [0.717, 1.165) is 37.1 Å². The normalized spacial score (nSPS) is 16.7. The SMILES string of the molecule is FC(F)(F)c1ccc(CN(CCCl)C2CCC2)cc1. The summed E-state index contributed by atoms with van der Waals surface area (Å²) in [6.45, 7) is 1.46. The molecule has 0 N–H and O–H groups in total. The van der Waals surface area contributed by atoms with Gasteiger partial charge < -0.3 is 0 Å². The van der Waals surface area contributed by atoms with Gasteiger partial charge in [-0.2, -0.15) is 13.2 Å². The molecule has 0 atom stereocenters. The predicted molar refractivity (Wildman–Crippen MR) is 70.2 cm³/mol. The van der Waals surface area contributed by atoms with Crippen LogP contribution >= 0.6 is 11.6 Å². The first-order valence-corrected chi connectivity index (χ1v) is 7.00. The van der Waals surface area contributed by atoms with Crippen molar-refractivity contribution in [2.75, 3.05) is 12.4 Å². The van der Waals surface area contributed by atoms with Crippen molar-refractivity contribution in [3.63, 3.8) is 0 Å². The zero-order valence-corrected chi connectivity index (χ0v) is 11.3. The zero-order chi connectivity index (χ0) is 13.9. The van der Waals surface area contributed by atoms with E-state index >= 15 is 0 Å². The summed E-state index contributed by atoms with van der Waals surface area (Å²) in [5.41, 5.74) is 0.314. The van der Waals surface area contributed by atoms with E-state index in [0.29, 0.717) is 18.5 Å². The van der Waals surface area contributed by atoms with Gasteiger partial charge in [0, 0.05) is 25.0 Å². The summed E-state index contributed by atoms with van der Waals surface area (Å²) in [6, 6.07) is 5.95. The van der Waals surface area contributed by atoms with Crippen molar-refractivity contribution in [1.82, 2.24) is 4.90 Å². The Balaban J connectivity index is 2.00. The number of alkyl halides is 4. The van der Waals surface area contributed by atoms with Crippen molar-refractivity contribution < 1.29 is 13.2 Å². The third kappa shape index (κ3) is 3.86. The quantitative estimate of drug-likeness (QED) is 0.731. The number of rotatable bonds is 5. The van der Waals surface area contributed by atoms with Gasteiger partial charge in [0.25, 0.3) is 0 Å². The highest BCUT2D eigenvalue weighted by Crippen LogP contribution is 2.30. The third-order valence-corrected chi connectivity index (χ3v) is 3.80.